The summed E-state index contributed by atoms with van der Waals surface area (Å²) in [5, 5.41) is 4.86. The Morgan fingerprint density at radius 1 is 1.32 bits per heavy atom. The van der Waals surface area contributed by atoms with Gasteiger partial charge < -0.3 is 10.2 Å². The van der Waals surface area contributed by atoms with Crippen molar-refractivity contribution in [1.29, 1.82) is 0 Å². The molecule has 0 radical (unpaired) electrons. The Morgan fingerprint density at radius 2 is 2.14 bits per heavy atom. The number of benzene rings is 1. The summed E-state index contributed by atoms with van der Waals surface area (Å²) in [6.07, 6.45) is 1.17. The van der Waals surface area contributed by atoms with Crippen LogP contribution in [-0.2, 0) is 11.2 Å². The second-order valence-corrected chi connectivity index (χ2v) is 6.51. The summed E-state index contributed by atoms with van der Waals surface area (Å²) in [6.45, 7) is 2.03. The Balaban J connectivity index is 1.81. The number of hydrogen-bond acceptors (Lipinski definition) is 3. The fraction of sp³-hybridized carbons (Fsp3) is 0.294. The number of aryl methyl sites for hydroxylation is 1. The highest BCUT2D eigenvalue weighted by molar-refractivity contribution is 7.10. The molecule has 2 heterocycles. The molecule has 0 unspecified atom stereocenters. The molecule has 1 aromatic carbocycles. The van der Waals surface area contributed by atoms with Crippen molar-refractivity contribution in [2.45, 2.75) is 25.8 Å². The SMILES string of the molecule is C[C@@H](c1cccs1)N(C)C(=O)c1ccc2c(c1)CCC(=O)N2. The number of nitrogens with one attached hydrogen (secondary N) is 1. The molecule has 114 valence electrons. The molecule has 0 bridgehead atoms. The summed E-state index contributed by atoms with van der Waals surface area (Å²) in [4.78, 5) is 27.0. The first kappa shape index (κ1) is 14.8. The van der Waals surface area contributed by atoms with Crippen LogP contribution in [0.1, 0.15) is 40.2 Å². The maximum Gasteiger partial charge on any atom is 0.254 e. The zero-order chi connectivity index (χ0) is 15.7. The summed E-state index contributed by atoms with van der Waals surface area (Å²) in [5.74, 6) is 0.0376. The number of anilines is 1. The van der Waals surface area contributed by atoms with Crippen LogP contribution < -0.4 is 5.32 Å². The van der Waals surface area contributed by atoms with Crippen molar-refractivity contribution in [1.82, 2.24) is 4.90 Å². The van der Waals surface area contributed by atoms with Crippen LogP contribution >= 0.6 is 11.3 Å². The zero-order valence-corrected chi connectivity index (χ0v) is 13.4. The van der Waals surface area contributed by atoms with Gasteiger partial charge in [0.25, 0.3) is 5.91 Å². The largest absolute Gasteiger partial charge is 0.334 e. The van der Waals surface area contributed by atoms with Gasteiger partial charge in [0, 0.05) is 29.6 Å². The fourth-order valence-corrected chi connectivity index (χ4v) is 3.44. The second kappa shape index (κ2) is 5.93. The van der Waals surface area contributed by atoms with Crippen molar-refractivity contribution in [3.05, 3.63) is 51.7 Å². The Labute approximate surface area is 133 Å². The maximum absolute atomic E-state index is 12.7. The lowest BCUT2D eigenvalue weighted by atomic mass is 10.00. The zero-order valence-electron chi connectivity index (χ0n) is 12.6. The van der Waals surface area contributed by atoms with E-state index in [1.54, 1.807) is 22.3 Å². The van der Waals surface area contributed by atoms with Crippen LogP contribution in [0.15, 0.2) is 35.7 Å². The number of carbonyl (C=O) groups is 2. The van der Waals surface area contributed by atoms with Crippen LogP contribution in [0.25, 0.3) is 0 Å². The number of carbonyl (C=O) groups excluding carboxylic acids is 2. The molecule has 1 atom stereocenters. The predicted molar refractivity (Wildman–Crippen MR) is 88.2 cm³/mol. The minimum Gasteiger partial charge on any atom is -0.334 e. The normalized spacial score (nSPS) is 14.9. The molecule has 0 aliphatic carbocycles. The molecule has 2 amide bonds. The molecule has 3 rings (SSSR count). The number of thiophene rings is 1. The van der Waals surface area contributed by atoms with E-state index in [1.165, 1.54) is 4.88 Å². The summed E-state index contributed by atoms with van der Waals surface area (Å²) in [5.41, 5.74) is 2.52. The van der Waals surface area contributed by atoms with Gasteiger partial charge in [0.15, 0.2) is 0 Å². The minimum atomic E-state index is 0.000556. The third kappa shape index (κ3) is 2.76. The van der Waals surface area contributed by atoms with Gasteiger partial charge in [-0.2, -0.15) is 0 Å². The first-order chi connectivity index (χ1) is 10.6. The standard InChI is InChI=1S/C17H18N2O2S/c1-11(15-4-3-9-22-15)19(2)17(21)13-5-7-14-12(10-13)6-8-16(20)18-14/h3-5,7,9-11H,6,8H2,1-2H3,(H,18,20)/t11-/m0/s1. The molecular formula is C17H18N2O2S. The van der Waals surface area contributed by atoms with Gasteiger partial charge in [-0.05, 0) is 48.6 Å². The van der Waals surface area contributed by atoms with E-state index in [1.807, 2.05) is 43.6 Å². The van der Waals surface area contributed by atoms with E-state index in [-0.39, 0.29) is 17.9 Å². The van der Waals surface area contributed by atoms with Gasteiger partial charge in [-0.25, -0.2) is 0 Å². The highest BCUT2D eigenvalue weighted by Gasteiger charge is 2.22. The van der Waals surface area contributed by atoms with Crippen molar-refractivity contribution in [3.63, 3.8) is 0 Å². The lowest BCUT2D eigenvalue weighted by Gasteiger charge is -2.25. The Bertz CT molecular complexity index is 709. The summed E-state index contributed by atoms with van der Waals surface area (Å²) in [7, 11) is 1.83. The van der Waals surface area contributed by atoms with Crippen molar-refractivity contribution >= 4 is 28.8 Å². The van der Waals surface area contributed by atoms with Crippen LogP contribution in [-0.4, -0.2) is 23.8 Å². The van der Waals surface area contributed by atoms with Crippen LogP contribution in [0.4, 0.5) is 5.69 Å². The molecule has 1 aliphatic rings. The van der Waals surface area contributed by atoms with Crippen molar-refractivity contribution < 1.29 is 9.59 Å². The van der Waals surface area contributed by atoms with Gasteiger partial charge in [0.2, 0.25) is 5.91 Å². The highest BCUT2D eigenvalue weighted by Crippen LogP contribution is 2.27. The number of amides is 2. The van der Waals surface area contributed by atoms with Gasteiger partial charge in [-0.3, -0.25) is 9.59 Å². The average Bonchev–Trinajstić information content (AvgIpc) is 3.06. The molecule has 5 heteroatoms. The van der Waals surface area contributed by atoms with Gasteiger partial charge in [-0.1, -0.05) is 6.07 Å². The van der Waals surface area contributed by atoms with E-state index in [2.05, 4.69) is 5.32 Å². The van der Waals surface area contributed by atoms with E-state index < -0.39 is 0 Å². The highest BCUT2D eigenvalue weighted by atomic mass is 32.1. The van der Waals surface area contributed by atoms with E-state index in [4.69, 9.17) is 0 Å². The lowest BCUT2D eigenvalue weighted by Crippen LogP contribution is -2.29. The molecule has 1 aromatic heterocycles. The molecule has 2 aromatic rings. The predicted octanol–water partition coefficient (Wildman–Crippen LogP) is 3.47. The van der Waals surface area contributed by atoms with Gasteiger partial charge in [-0.15, -0.1) is 11.3 Å². The molecule has 0 saturated carbocycles. The molecule has 1 N–H and O–H groups in total. The number of nitrogens with zero attached hydrogens (tertiary/aromatic N) is 1. The maximum atomic E-state index is 12.7. The summed E-state index contributed by atoms with van der Waals surface area (Å²) < 4.78 is 0. The first-order valence-electron chi connectivity index (χ1n) is 7.29. The number of rotatable bonds is 3. The third-order valence-electron chi connectivity index (χ3n) is 4.10. The second-order valence-electron chi connectivity index (χ2n) is 5.53. The van der Waals surface area contributed by atoms with Gasteiger partial charge in [0.1, 0.15) is 0 Å². The molecular weight excluding hydrogens is 296 g/mol. The van der Waals surface area contributed by atoms with Crippen molar-refractivity contribution in [2.75, 3.05) is 12.4 Å². The average molecular weight is 314 g/mol. The molecule has 0 saturated heterocycles. The Hall–Kier alpha value is -2.14. The van der Waals surface area contributed by atoms with E-state index in [0.29, 0.717) is 18.4 Å². The summed E-state index contributed by atoms with van der Waals surface area (Å²) in [6, 6.07) is 9.59. The van der Waals surface area contributed by atoms with Crippen LogP contribution in [0, 0.1) is 0 Å². The van der Waals surface area contributed by atoms with E-state index in [9.17, 15) is 9.59 Å². The fourth-order valence-electron chi connectivity index (χ4n) is 2.62. The Morgan fingerprint density at radius 3 is 2.86 bits per heavy atom. The van der Waals surface area contributed by atoms with Gasteiger partial charge in [0.05, 0.1) is 6.04 Å². The molecule has 1 aliphatic heterocycles. The van der Waals surface area contributed by atoms with E-state index >= 15 is 0 Å². The molecule has 0 spiro atoms. The third-order valence-corrected chi connectivity index (χ3v) is 5.15. The monoisotopic (exact) mass is 314 g/mol. The van der Waals surface area contributed by atoms with E-state index in [0.717, 1.165) is 11.3 Å². The minimum absolute atomic E-state index is 0.000556. The molecule has 22 heavy (non-hydrogen) atoms. The van der Waals surface area contributed by atoms with Crippen LogP contribution in [0.5, 0.6) is 0 Å². The number of fused-ring (bicyclic) bond motifs is 1. The Kier molecular flexibility index (Phi) is 3.98. The van der Waals surface area contributed by atoms with Crippen molar-refractivity contribution in [3.8, 4) is 0 Å². The van der Waals surface area contributed by atoms with Gasteiger partial charge >= 0.3 is 0 Å². The molecule has 4 nitrogen and oxygen atoms in total. The van der Waals surface area contributed by atoms with Crippen molar-refractivity contribution in [2.24, 2.45) is 0 Å². The van der Waals surface area contributed by atoms with Crippen LogP contribution in [0.2, 0.25) is 0 Å². The first-order valence-corrected chi connectivity index (χ1v) is 8.17. The number of hydrogen-bond donors (Lipinski definition) is 1. The lowest BCUT2D eigenvalue weighted by molar-refractivity contribution is -0.116. The molecule has 0 fully saturated rings. The smallest absolute Gasteiger partial charge is 0.254 e. The topological polar surface area (TPSA) is 49.4 Å². The summed E-state index contributed by atoms with van der Waals surface area (Å²) >= 11 is 1.65. The quantitative estimate of drug-likeness (QED) is 0.943. The van der Waals surface area contributed by atoms with Crippen LogP contribution in [0.3, 0.4) is 0 Å².